The summed E-state index contributed by atoms with van der Waals surface area (Å²) in [5.74, 6) is 0. The molecule has 0 radical (unpaired) electrons. The number of hydrogen-bond donors (Lipinski definition) is 3. The molecule has 0 amide bonds. The Morgan fingerprint density at radius 2 is 1.29 bits per heavy atom. The average molecular weight is 275 g/mol. The molecule has 4 atom stereocenters. The molecule has 3 N–H and O–H groups in total. The van der Waals surface area contributed by atoms with Crippen molar-refractivity contribution < 1.29 is 20.7 Å². The van der Waals surface area contributed by atoms with Gasteiger partial charge < -0.3 is 0 Å². The van der Waals surface area contributed by atoms with Crippen molar-refractivity contribution in [1.82, 2.24) is 19.3 Å². The molecule has 1 heterocycles. The average Bonchev–Trinajstić information content (AvgIpc) is 2.29. The van der Waals surface area contributed by atoms with Gasteiger partial charge in [-0.15, -0.1) is 0 Å². The summed E-state index contributed by atoms with van der Waals surface area (Å²) in [6, 6.07) is 2.19. The molecule has 0 spiro atoms. The quantitative estimate of drug-likeness (QED) is 0.548. The van der Waals surface area contributed by atoms with E-state index in [2.05, 4.69) is 67.7 Å². The summed E-state index contributed by atoms with van der Waals surface area (Å²) in [6.07, 6.45) is 0. The monoisotopic (exact) mass is 275 g/mol. The molecule has 0 bridgehead atoms. The zero-order valence-electron chi connectivity index (χ0n) is 11.6. The first-order chi connectivity index (χ1) is 7.99. The Kier molecular flexibility index (Phi) is 7.23. The summed E-state index contributed by atoms with van der Waals surface area (Å²) >= 11 is 2.21. The van der Waals surface area contributed by atoms with Gasteiger partial charge in [-0.25, -0.2) is 0 Å². The molecule has 0 aromatic rings. The molecule has 99 valence electrons. The van der Waals surface area contributed by atoms with Gasteiger partial charge in [-0.2, -0.15) is 0 Å². The molecule has 0 saturated carbocycles. The van der Waals surface area contributed by atoms with Crippen molar-refractivity contribution >= 4 is 0 Å². The van der Waals surface area contributed by atoms with Crippen LogP contribution in [0.15, 0.2) is 0 Å². The Balaban J connectivity index is 2.50. The zero-order chi connectivity index (χ0) is 12.8. The minimum atomic E-state index is 0.531. The first-order valence-electron chi connectivity index (χ1n) is 6.67. The van der Waals surface area contributed by atoms with E-state index in [1.165, 1.54) is 0 Å². The minimum absolute atomic E-state index is 0.531. The predicted octanol–water partition coefficient (Wildman–Crippen LogP) is 0.0866. The van der Waals surface area contributed by atoms with Crippen LogP contribution in [0.1, 0.15) is 27.7 Å². The van der Waals surface area contributed by atoms with Crippen molar-refractivity contribution in [3.63, 3.8) is 0 Å². The van der Waals surface area contributed by atoms with Crippen LogP contribution in [-0.2, 0) is 20.7 Å². The fourth-order valence-electron chi connectivity index (χ4n) is 1.92. The van der Waals surface area contributed by atoms with Crippen LogP contribution in [0.2, 0.25) is 0 Å². The van der Waals surface area contributed by atoms with Gasteiger partial charge in [0.1, 0.15) is 0 Å². The normalized spacial score (nSPS) is 39.2. The van der Waals surface area contributed by atoms with Crippen molar-refractivity contribution in [2.45, 2.75) is 51.9 Å². The Morgan fingerprint density at radius 3 is 1.88 bits per heavy atom. The summed E-state index contributed by atoms with van der Waals surface area (Å²) in [4.78, 5) is 0. The van der Waals surface area contributed by atoms with Gasteiger partial charge >= 0.3 is 118 Å². The van der Waals surface area contributed by atoms with Gasteiger partial charge in [0.05, 0.1) is 0 Å². The van der Waals surface area contributed by atoms with Crippen LogP contribution in [0, 0.1) is 0 Å². The molecule has 1 saturated heterocycles. The Bertz CT molecular complexity index is 215. The second-order valence-electron chi connectivity index (χ2n) is 5.43. The van der Waals surface area contributed by atoms with Gasteiger partial charge in [0.2, 0.25) is 0 Å². The van der Waals surface area contributed by atoms with Crippen molar-refractivity contribution in [3.8, 4) is 0 Å². The Morgan fingerprint density at radius 1 is 0.824 bits per heavy atom. The van der Waals surface area contributed by atoms with Crippen LogP contribution in [0.5, 0.6) is 0 Å². The van der Waals surface area contributed by atoms with Crippen LogP contribution in [-0.4, -0.2) is 53.7 Å². The third-order valence-electron chi connectivity index (χ3n) is 3.31. The maximum atomic E-state index is 3.59. The van der Waals surface area contributed by atoms with E-state index in [9.17, 15) is 0 Å². The number of nitrogens with zero attached hydrogens (tertiary/aromatic N) is 1. The molecule has 17 heavy (non-hydrogen) atoms. The maximum absolute atomic E-state index is 3.59. The second kappa shape index (κ2) is 7.87. The summed E-state index contributed by atoms with van der Waals surface area (Å²) in [5, 5.41) is 10.7. The number of nitrogens with one attached hydrogen (secondary N) is 3. The van der Waals surface area contributed by atoms with Crippen molar-refractivity contribution in [2.75, 3.05) is 26.2 Å². The molecular weight excluding hydrogens is 248 g/mol. The first kappa shape index (κ1) is 15.6. The third-order valence-corrected chi connectivity index (χ3v) is 4.28. The van der Waals surface area contributed by atoms with E-state index in [1.807, 2.05) is 0 Å². The van der Waals surface area contributed by atoms with Crippen LogP contribution in [0.4, 0.5) is 0 Å². The molecule has 1 fully saturated rings. The van der Waals surface area contributed by atoms with E-state index < -0.39 is 0 Å². The SMILES string of the molecule is CC1CNC(C)C[N]([Ti])C(C)CNC(C)CN1. The van der Waals surface area contributed by atoms with E-state index in [0.29, 0.717) is 24.2 Å². The van der Waals surface area contributed by atoms with Crippen LogP contribution < -0.4 is 16.0 Å². The molecule has 0 aromatic carbocycles. The van der Waals surface area contributed by atoms with Gasteiger partial charge in [-0.1, -0.05) is 0 Å². The standard InChI is InChI=1S/C12H27N4.Ti/c1-9-5-14-11(3)7-16-12(4)8-15-10(2)6-13-9;/h9-15H,5-8H2,1-4H3;/q-1;+1. The van der Waals surface area contributed by atoms with Crippen molar-refractivity contribution in [2.24, 2.45) is 0 Å². The molecule has 1 aliphatic rings. The van der Waals surface area contributed by atoms with E-state index in [0.717, 1.165) is 26.2 Å². The van der Waals surface area contributed by atoms with Crippen molar-refractivity contribution in [1.29, 1.82) is 0 Å². The molecule has 1 aliphatic heterocycles. The fraction of sp³-hybridized carbons (Fsp3) is 1.00. The summed E-state index contributed by atoms with van der Waals surface area (Å²) in [6.45, 7) is 13.3. The molecule has 1 rings (SSSR count). The zero-order valence-corrected chi connectivity index (χ0v) is 13.1. The van der Waals surface area contributed by atoms with E-state index >= 15 is 0 Å². The van der Waals surface area contributed by atoms with E-state index in [4.69, 9.17) is 0 Å². The van der Waals surface area contributed by atoms with E-state index in [-0.39, 0.29) is 0 Å². The summed E-state index contributed by atoms with van der Waals surface area (Å²) in [7, 11) is 0. The van der Waals surface area contributed by atoms with Crippen LogP contribution in [0.3, 0.4) is 0 Å². The van der Waals surface area contributed by atoms with Gasteiger partial charge in [0, 0.05) is 0 Å². The van der Waals surface area contributed by atoms with E-state index in [1.54, 1.807) is 0 Å². The Hall–Kier alpha value is 0.554. The van der Waals surface area contributed by atoms with Crippen molar-refractivity contribution in [3.05, 3.63) is 0 Å². The fourth-order valence-corrected chi connectivity index (χ4v) is 2.49. The second-order valence-corrected chi connectivity index (χ2v) is 6.33. The number of hydrogen-bond acceptors (Lipinski definition) is 4. The molecule has 0 aromatic heterocycles. The summed E-state index contributed by atoms with van der Waals surface area (Å²) in [5.41, 5.74) is 0. The van der Waals surface area contributed by atoms with Crippen LogP contribution in [0.25, 0.3) is 0 Å². The number of rotatable bonds is 0. The van der Waals surface area contributed by atoms with Gasteiger partial charge in [0.15, 0.2) is 0 Å². The van der Waals surface area contributed by atoms with Crippen LogP contribution >= 0.6 is 0 Å². The molecule has 5 heteroatoms. The van der Waals surface area contributed by atoms with Gasteiger partial charge in [-0.3, -0.25) is 0 Å². The topological polar surface area (TPSA) is 39.3 Å². The first-order valence-corrected chi connectivity index (χ1v) is 7.37. The van der Waals surface area contributed by atoms with Gasteiger partial charge in [-0.05, 0) is 0 Å². The molecular formula is C12H27N4Ti. The summed E-state index contributed by atoms with van der Waals surface area (Å²) < 4.78 is 2.43. The molecule has 0 aliphatic carbocycles. The Labute approximate surface area is 118 Å². The molecule has 4 nitrogen and oxygen atoms in total. The predicted molar refractivity (Wildman–Crippen MR) is 68.6 cm³/mol. The third kappa shape index (κ3) is 6.32. The molecule has 4 unspecified atom stereocenters. The van der Waals surface area contributed by atoms with Gasteiger partial charge in [0.25, 0.3) is 0 Å².